The zero-order valence-electron chi connectivity index (χ0n) is 22.2. The maximum Gasteiger partial charge on any atom is 0.412 e. The summed E-state index contributed by atoms with van der Waals surface area (Å²) in [6, 6.07) is 11.7. The van der Waals surface area contributed by atoms with Gasteiger partial charge in [0.1, 0.15) is 17.2 Å². The molecule has 1 heterocycles. The molecular weight excluding hydrogens is 440 g/mol. The third-order valence-corrected chi connectivity index (χ3v) is 5.57. The quantitative estimate of drug-likeness (QED) is 0.417. The number of amides is 1. The Balaban J connectivity index is 1.95. The van der Waals surface area contributed by atoms with Crippen LogP contribution < -0.4 is 10.1 Å². The molecule has 0 aliphatic heterocycles. The van der Waals surface area contributed by atoms with Crippen molar-refractivity contribution in [3.63, 3.8) is 0 Å². The molecule has 35 heavy (non-hydrogen) atoms. The molecule has 0 spiro atoms. The lowest BCUT2D eigenvalue weighted by molar-refractivity contribution is 0.0636. The van der Waals surface area contributed by atoms with Crippen LogP contribution in [-0.4, -0.2) is 54.3 Å². The van der Waals surface area contributed by atoms with E-state index in [0.29, 0.717) is 11.4 Å². The Morgan fingerprint density at radius 1 is 1.06 bits per heavy atom. The minimum atomic E-state index is -0.600. The molecule has 1 aromatic heterocycles. The fourth-order valence-electron chi connectivity index (χ4n) is 4.19. The van der Waals surface area contributed by atoms with Gasteiger partial charge < -0.3 is 14.4 Å². The van der Waals surface area contributed by atoms with Gasteiger partial charge in [-0.25, -0.2) is 14.8 Å². The van der Waals surface area contributed by atoms with Crippen LogP contribution in [-0.2, 0) is 11.2 Å². The summed E-state index contributed by atoms with van der Waals surface area (Å²) in [6.45, 7) is 11.1. The van der Waals surface area contributed by atoms with Crippen LogP contribution in [0.25, 0.3) is 22.0 Å². The first-order valence-electron chi connectivity index (χ1n) is 11.9. The van der Waals surface area contributed by atoms with Crippen molar-refractivity contribution >= 4 is 22.6 Å². The van der Waals surface area contributed by atoms with Crippen molar-refractivity contribution in [3.8, 4) is 17.0 Å². The Bertz CT molecular complexity index is 1180. The van der Waals surface area contributed by atoms with Crippen LogP contribution in [0.1, 0.15) is 46.9 Å². The maximum absolute atomic E-state index is 12.6. The van der Waals surface area contributed by atoms with Gasteiger partial charge in [-0.1, -0.05) is 19.9 Å². The molecule has 188 valence electrons. The average molecular weight is 479 g/mol. The number of rotatable bonds is 8. The molecule has 3 rings (SSSR count). The topological polar surface area (TPSA) is 76.6 Å². The first kappa shape index (κ1) is 26.4. The summed E-state index contributed by atoms with van der Waals surface area (Å²) in [4.78, 5) is 24.2. The van der Waals surface area contributed by atoms with Crippen molar-refractivity contribution in [3.05, 3.63) is 48.4 Å². The normalized spacial score (nSPS) is 12.1. The standard InChI is InChI=1S/C28H38N4O3/c1-27(2,3)35-26(33)31-24-16-20(15-19-9-10-21(34-8)17-22(19)24)23-12-14-29-25(30-23)11-13-28(4,5)18-32(6)7/h9-10,12,14-17H,11,13,18H2,1-8H3,(H,31,33). The zero-order valence-corrected chi connectivity index (χ0v) is 22.2. The van der Waals surface area contributed by atoms with Crippen LogP contribution in [0.4, 0.5) is 10.5 Å². The molecule has 0 aliphatic rings. The highest BCUT2D eigenvalue weighted by molar-refractivity contribution is 6.03. The molecule has 0 fully saturated rings. The number of fused-ring (bicyclic) bond motifs is 1. The maximum atomic E-state index is 12.6. The van der Waals surface area contributed by atoms with Crippen LogP contribution in [0, 0.1) is 5.41 Å². The molecule has 0 saturated heterocycles. The number of anilines is 1. The van der Waals surface area contributed by atoms with E-state index in [2.05, 4.69) is 49.2 Å². The Morgan fingerprint density at radius 3 is 2.46 bits per heavy atom. The van der Waals surface area contributed by atoms with Gasteiger partial charge in [-0.3, -0.25) is 5.32 Å². The molecule has 0 unspecified atom stereocenters. The van der Waals surface area contributed by atoms with E-state index in [0.717, 1.165) is 47.2 Å². The second kappa shape index (κ2) is 10.6. The Labute approximate surface area is 208 Å². The van der Waals surface area contributed by atoms with Crippen LogP contribution in [0.3, 0.4) is 0 Å². The van der Waals surface area contributed by atoms with Crippen molar-refractivity contribution in [2.75, 3.05) is 33.1 Å². The van der Waals surface area contributed by atoms with E-state index in [1.807, 2.05) is 51.1 Å². The van der Waals surface area contributed by atoms with Crippen LogP contribution in [0.15, 0.2) is 42.6 Å². The number of aromatic nitrogens is 2. The van der Waals surface area contributed by atoms with Crippen molar-refractivity contribution in [2.45, 2.75) is 53.1 Å². The predicted molar refractivity (Wildman–Crippen MR) is 142 cm³/mol. The number of benzene rings is 2. The molecule has 0 aliphatic carbocycles. The SMILES string of the molecule is COc1ccc2cc(-c3ccnc(CCC(C)(C)CN(C)C)n3)cc(NC(=O)OC(C)(C)C)c2c1. The molecular formula is C28H38N4O3. The molecule has 0 radical (unpaired) electrons. The number of aryl methyl sites for hydroxylation is 1. The van der Waals surface area contributed by atoms with E-state index in [9.17, 15) is 4.79 Å². The van der Waals surface area contributed by atoms with Crippen LogP contribution in [0.5, 0.6) is 5.75 Å². The Kier molecular flexibility index (Phi) is 8.00. The highest BCUT2D eigenvalue weighted by Gasteiger charge is 2.20. The van der Waals surface area contributed by atoms with Crippen LogP contribution in [0.2, 0.25) is 0 Å². The molecule has 0 atom stereocenters. The highest BCUT2D eigenvalue weighted by atomic mass is 16.6. The van der Waals surface area contributed by atoms with Gasteiger partial charge in [-0.05, 0) is 82.4 Å². The molecule has 7 nitrogen and oxygen atoms in total. The van der Waals surface area contributed by atoms with Crippen molar-refractivity contribution in [1.82, 2.24) is 14.9 Å². The van der Waals surface area contributed by atoms with E-state index >= 15 is 0 Å². The van der Waals surface area contributed by atoms with Gasteiger partial charge >= 0.3 is 6.09 Å². The second-order valence-corrected chi connectivity index (χ2v) is 11.0. The van der Waals surface area contributed by atoms with E-state index < -0.39 is 11.7 Å². The number of nitrogens with zero attached hydrogens (tertiary/aromatic N) is 3. The van der Waals surface area contributed by atoms with E-state index in [1.54, 1.807) is 13.3 Å². The number of carbonyl (C=O) groups excluding carboxylic acids is 1. The Hall–Kier alpha value is -3.19. The third-order valence-electron chi connectivity index (χ3n) is 5.57. The summed E-state index contributed by atoms with van der Waals surface area (Å²) in [7, 11) is 5.81. The summed E-state index contributed by atoms with van der Waals surface area (Å²) in [5, 5.41) is 4.74. The van der Waals surface area contributed by atoms with Crippen molar-refractivity contribution in [1.29, 1.82) is 0 Å². The lowest BCUT2D eigenvalue weighted by Gasteiger charge is -2.28. The summed E-state index contributed by atoms with van der Waals surface area (Å²) in [6.07, 6.45) is 3.07. The lowest BCUT2D eigenvalue weighted by Crippen LogP contribution is -2.29. The average Bonchev–Trinajstić information content (AvgIpc) is 2.75. The number of ether oxygens (including phenoxy) is 2. The van der Waals surface area contributed by atoms with Crippen molar-refractivity contribution in [2.24, 2.45) is 5.41 Å². The minimum Gasteiger partial charge on any atom is -0.497 e. The molecule has 1 amide bonds. The van der Waals surface area contributed by atoms with Gasteiger partial charge in [-0.15, -0.1) is 0 Å². The second-order valence-electron chi connectivity index (χ2n) is 11.0. The predicted octanol–water partition coefficient (Wildman–Crippen LogP) is 6.17. The molecule has 0 bridgehead atoms. The third kappa shape index (κ3) is 7.65. The smallest absolute Gasteiger partial charge is 0.412 e. The van der Waals surface area contributed by atoms with Crippen molar-refractivity contribution < 1.29 is 14.3 Å². The number of nitrogens with one attached hydrogen (secondary N) is 1. The summed E-state index contributed by atoms with van der Waals surface area (Å²) >= 11 is 0. The molecule has 2 aromatic carbocycles. The first-order chi connectivity index (χ1) is 16.3. The summed E-state index contributed by atoms with van der Waals surface area (Å²) in [5.74, 6) is 1.52. The molecule has 3 aromatic rings. The molecule has 0 saturated carbocycles. The lowest BCUT2D eigenvalue weighted by atomic mass is 9.87. The molecule has 1 N–H and O–H groups in total. The monoisotopic (exact) mass is 478 g/mol. The van der Waals surface area contributed by atoms with Gasteiger partial charge in [0.25, 0.3) is 0 Å². The zero-order chi connectivity index (χ0) is 25.8. The number of hydrogen-bond donors (Lipinski definition) is 1. The van der Waals surface area contributed by atoms with Gasteiger partial charge in [-0.2, -0.15) is 0 Å². The van der Waals surface area contributed by atoms with E-state index in [4.69, 9.17) is 14.5 Å². The van der Waals surface area contributed by atoms with E-state index in [-0.39, 0.29) is 5.41 Å². The fourth-order valence-corrected chi connectivity index (χ4v) is 4.19. The fraction of sp³-hybridized carbons (Fsp3) is 0.464. The minimum absolute atomic E-state index is 0.162. The molecule has 7 heteroatoms. The largest absolute Gasteiger partial charge is 0.497 e. The van der Waals surface area contributed by atoms with Crippen LogP contribution >= 0.6 is 0 Å². The Morgan fingerprint density at radius 2 is 1.80 bits per heavy atom. The first-order valence-corrected chi connectivity index (χ1v) is 11.9. The number of carbonyl (C=O) groups is 1. The summed E-state index contributed by atoms with van der Waals surface area (Å²) < 4.78 is 10.9. The van der Waals surface area contributed by atoms with Gasteiger partial charge in [0, 0.05) is 30.1 Å². The summed E-state index contributed by atoms with van der Waals surface area (Å²) in [5.41, 5.74) is 1.90. The highest BCUT2D eigenvalue weighted by Crippen LogP contribution is 2.33. The van der Waals surface area contributed by atoms with Gasteiger partial charge in [0.05, 0.1) is 18.5 Å². The van der Waals surface area contributed by atoms with Gasteiger partial charge in [0.2, 0.25) is 0 Å². The van der Waals surface area contributed by atoms with Gasteiger partial charge in [0.15, 0.2) is 0 Å². The number of hydrogen-bond acceptors (Lipinski definition) is 6. The van der Waals surface area contributed by atoms with E-state index in [1.165, 1.54) is 0 Å². The number of methoxy groups -OCH3 is 1.